The van der Waals surface area contributed by atoms with Crippen molar-refractivity contribution >= 4 is 5.91 Å². The molecule has 0 aliphatic rings. The van der Waals surface area contributed by atoms with Crippen molar-refractivity contribution in [1.29, 1.82) is 0 Å². The summed E-state index contributed by atoms with van der Waals surface area (Å²) in [6.45, 7) is 2.27. The van der Waals surface area contributed by atoms with E-state index in [1.54, 1.807) is 6.20 Å². The molecular formula is C20H19N3O3. The standard InChI is InChI=1S/C20H19N3O3/c1-14(23-20(25)16-8-9-19(24)22-12-16)15-5-4-7-18(11-15)26-13-17-6-2-3-10-21-17/h2-12,14H,13H2,1H3,(H,22,24)(H,23,25). The van der Waals surface area contributed by atoms with Crippen LogP contribution in [0.4, 0.5) is 0 Å². The monoisotopic (exact) mass is 349 g/mol. The van der Waals surface area contributed by atoms with Crippen LogP contribution in [0, 0.1) is 0 Å². The van der Waals surface area contributed by atoms with E-state index in [1.165, 1.54) is 18.3 Å². The van der Waals surface area contributed by atoms with Gasteiger partial charge in [0.25, 0.3) is 5.91 Å². The lowest BCUT2D eigenvalue weighted by atomic mass is 10.1. The SMILES string of the molecule is CC(NC(=O)c1ccc(=O)[nH]c1)c1cccc(OCc2ccccn2)c1. The number of pyridine rings is 2. The van der Waals surface area contributed by atoms with Gasteiger partial charge in [0.1, 0.15) is 12.4 Å². The molecule has 0 aliphatic heterocycles. The number of amides is 1. The number of ether oxygens (including phenoxy) is 1. The van der Waals surface area contributed by atoms with Crippen molar-refractivity contribution < 1.29 is 9.53 Å². The predicted molar refractivity (Wildman–Crippen MR) is 98.0 cm³/mol. The Morgan fingerprint density at radius 1 is 1.19 bits per heavy atom. The number of nitrogens with zero attached hydrogens (tertiary/aromatic N) is 1. The smallest absolute Gasteiger partial charge is 0.253 e. The molecule has 1 aromatic carbocycles. The molecule has 0 aliphatic carbocycles. The van der Waals surface area contributed by atoms with Crippen LogP contribution < -0.4 is 15.6 Å². The normalized spacial score (nSPS) is 11.6. The van der Waals surface area contributed by atoms with Gasteiger partial charge in [0, 0.05) is 18.5 Å². The van der Waals surface area contributed by atoms with Gasteiger partial charge in [0.2, 0.25) is 5.56 Å². The summed E-state index contributed by atoms with van der Waals surface area (Å²) < 4.78 is 5.77. The van der Waals surface area contributed by atoms with Gasteiger partial charge >= 0.3 is 0 Å². The second-order valence-electron chi connectivity index (χ2n) is 5.82. The first-order valence-corrected chi connectivity index (χ1v) is 8.24. The summed E-state index contributed by atoms with van der Waals surface area (Å²) in [6, 6.07) is 15.8. The summed E-state index contributed by atoms with van der Waals surface area (Å²) in [6.07, 6.45) is 3.13. The Morgan fingerprint density at radius 3 is 2.81 bits per heavy atom. The lowest BCUT2D eigenvalue weighted by Crippen LogP contribution is -2.27. The number of hydrogen-bond donors (Lipinski definition) is 2. The van der Waals surface area contributed by atoms with Gasteiger partial charge in [-0.2, -0.15) is 0 Å². The van der Waals surface area contributed by atoms with Crippen LogP contribution in [-0.2, 0) is 6.61 Å². The van der Waals surface area contributed by atoms with Gasteiger partial charge < -0.3 is 15.0 Å². The fourth-order valence-corrected chi connectivity index (χ4v) is 2.43. The molecule has 0 radical (unpaired) electrons. The highest BCUT2D eigenvalue weighted by Gasteiger charge is 2.12. The molecule has 0 saturated carbocycles. The van der Waals surface area contributed by atoms with E-state index in [9.17, 15) is 9.59 Å². The average molecular weight is 349 g/mol. The third-order valence-electron chi connectivity index (χ3n) is 3.86. The Balaban J connectivity index is 1.64. The summed E-state index contributed by atoms with van der Waals surface area (Å²) in [4.78, 5) is 30.1. The minimum Gasteiger partial charge on any atom is -0.487 e. The Kier molecular flexibility index (Phi) is 5.43. The highest BCUT2D eigenvalue weighted by Crippen LogP contribution is 2.20. The molecule has 3 rings (SSSR count). The van der Waals surface area contributed by atoms with E-state index >= 15 is 0 Å². The Hall–Kier alpha value is -3.41. The minimum atomic E-state index is -0.256. The molecule has 26 heavy (non-hydrogen) atoms. The molecule has 0 bridgehead atoms. The van der Waals surface area contributed by atoms with Crippen molar-refractivity contribution in [2.24, 2.45) is 0 Å². The van der Waals surface area contributed by atoms with E-state index in [4.69, 9.17) is 4.74 Å². The Morgan fingerprint density at radius 2 is 2.08 bits per heavy atom. The van der Waals surface area contributed by atoms with Crippen LogP contribution in [-0.4, -0.2) is 15.9 Å². The first-order chi connectivity index (χ1) is 12.6. The molecule has 6 nitrogen and oxygen atoms in total. The molecule has 0 fully saturated rings. The second kappa shape index (κ2) is 8.11. The third kappa shape index (κ3) is 4.57. The largest absolute Gasteiger partial charge is 0.487 e. The molecule has 2 N–H and O–H groups in total. The maximum absolute atomic E-state index is 12.3. The number of aromatic nitrogens is 2. The van der Waals surface area contributed by atoms with Gasteiger partial charge in [-0.05, 0) is 42.8 Å². The van der Waals surface area contributed by atoms with Gasteiger partial charge in [-0.15, -0.1) is 0 Å². The molecule has 132 valence electrons. The van der Waals surface area contributed by atoms with Gasteiger partial charge in [-0.25, -0.2) is 0 Å². The number of benzene rings is 1. The number of carbonyl (C=O) groups is 1. The number of nitrogens with one attached hydrogen (secondary N) is 2. The highest BCUT2D eigenvalue weighted by atomic mass is 16.5. The Labute approximate surface area is 150 Å². The zero-order chi connectivity index (χ0) is 18.4. The van der Waals surface area contributed by atoms with Crippen molar-refractivity contribution in [3.05, 3.63) is 94.2 Å². The zero-order valence-corrected chi connectivity index (χ0v) is 14.3. The van der Waals surface area contributed by atoms with E-state index in [0.717, 1.165) is 11.3 Å². The predicted octanol–water partition coefficient (Wildman–Crippen LogP) is 2.84. The van der Waals surface area contributed by atoms with E-state index in [0.29, 0.717) is 17.9 Å². The molecular weight excluding hydrogens is 330 g/mol. The molecule has 6 heteroatoms. The third-order valence-corrected chi connectivity index (χ3v) is 3.86. The van der Waals surface area contributed by atoms with Crippen molar-refractivity contribution in [3.63, 3.8) is 0 Å². The number of H-pyrrole nitrogens is 1. The maximum Gasteiger partial charge on any atom is 0.253 e. The lowest BCUT2D eigenvalue weighted by molar-refractivity contribution is 0.0939. The maximum atomic E-state index is 12.3. The molecule has 1 atom stereocenters. The summed E-state index contributed by atoms with van der Waals surface area (Å²) in [5, 5.41) is 2.90. The topological polar surface area (TPSA) is 84.1 Å². The van der Waals surface area contributed by atoms with E-state index < -0.39 is 0 Å². The summed E-state index contributed by atoms with van der Waals surface area (Å²) in [5.41, 5.74) is 1.92. The van der Waals surface area contributed by atoms with Crippen LogP contribution in [0.15, 0.2) is 71.8 Å². The van der Waals surface area contributed by atoms with Crippen LogP contribution in [0.3, 0.4) is 0 Å². The van der Waals surface area contributed by atoms with E-state index in [1.807, 2.05) is 49.4 Å². The Bertz CT molecular complexity index is 918. The molecule has 0 spiro atoms. The van der Waals surface area contributed by atoms with Crippen LogP contribution in [0.1, 0.15) is 34.6 Å². The first-order valence-electron chi connectivity index (χ1n) is 8.24. The van der Waals surface area contributed by atoms with Gasteiger partial charge in [0.15, 0.2) is 0 Å². The summed E-state index contributed by atoms with van der Waals surface area (Å²) >= 11 is 0. The number of carbonyl (C=O) groups excluding carboxylic acids is 1. The fourth-order valence-electron chi connectivity index (χ4n) is 2.43. The molecule has 1 unspecified atom stereocenters. The summed E-state index contributed by atoms with van der Waals surface area (Å²) in [7, 11) is 0. The molecule has 0 saturated heterocycles. The second-order valence-corrected chi connectivity index (χ2v) is 5.82. The molecule has 3 aromatic rings. The van der Waals surface area contributed by atoms with E-state index in [-0.39, 0.29) is 17.5 Å². The average Bonchev–Trinajstić information content (AvgIpc) is 2.68. The molecule has 2 heterocycles. The van der Waals surface area contributed by atoms with Crippen LogP contribution in [0.2, 0.25) is 0 Å². The van der Waals surface area contributed by atoms with Gasteiger partial charge in [-0.3, -0.25) is 14.6 Å². The zero-order valence-electron chi connectivity index (χ0n) is 14.3. The van der Waals surface area contributed by atoms with Crippen molar-refractivity contribution in [2.45, 2.75) is 19.6 Å². The van der Waals surface area contributed by atoms with E-state index in [2.05, 4.69) is 15.3 Å². The number of aromatic amines is 1. The van der Waals surface area contributed by atoms with Crippen molar-refractivity contribution in [2.75, 3.05) is 0 Å². The quantitative estimate of drug-likeness (QED) is 0.717. The number of hydrogen-bond acceptors (Lipinski definition) is 4. The van der Waals surface area contributed by atoms with Crippen molar-refractivity contribution in [1.82, 2.24) is 15.3 Å². The molecule has 1 amide bonds. The van der Waals surface area contributed by atoms with Gasteiger partial charge in [0.05, 0.1) is 17.3 Å². The summed E-state index contributed by atoms with van der Waals surface area (Å²) in [5.74, 6) is 0.451. The molecule has 2 aromatic heterocycles. The first kappa shape index (κ1) is 17.4. The lowest BCUT2D eigenvalue weighted by Gasteiger charge is -2.15. The highest BCUT2D eigenvalue weighted by molar-refractivity contribution is 5.94. The fraction of sp³-hybridized carbons (Fsp3) is 0.150. The van der Waals surface area contributed by atoms with Crippen LogP contribution in [0.25, 0.3) is 0 Å². The van der Waals surface area contributed by atoms with Crippen LogP contribution in [0.5, 0.6) is 5.75 Å². The van der Waals surface area contributed by atoms with Crippen molar-refractivity contribution in [3.8, 4) is 5.75 Å². The minimum absolute atomic E-state index is 0.215. The number of rotatable bonds is 6. The van der Waals surface area contributed by atoms with Crippen LogP contribution >= 0.6 is 0 Å². The van der Waals surface area contributed by atoms with Gasteiger partial charge in [-0.1, -0.05) is 18.2 Å².